The van der Waals surface area contributed by atoms with E-state index in [1.807, 2.05) is 12.1 Å². The first kappa shape index (κ1) is 15.9. The summed E-state index contributed by atoms with van der Waals surface area (Å²) in [7, 11) is 0. The van der Waals surface area contributed by atoms with Gasteiger partial charge in [-0.1, -0.05) is 6.07 Å². The van der Waals surface area contributed by atoms with Crippen molar-refractivity contribution in [1.82, 2.24) is 15.2 Å². The monoisotopic (exact) mass is 279 g/mol. The smallest absolute Gasteiger partial charge is 0.323 e. The molecule has 0 radical (unpaired) electrons. The van der Waals surface area contributed by atoms with Gasteiger partial charge in [0.25, 0.3) is 0 Å². The molecule has 0 aliphatic heterocycles. The minimum atomic E-state index is -1.03. The lowest BCUT2D eigenvalue weighted by Gasteiger charge is -2.34. The highest BCUT2D eigenvalue weighted by molar-refractivity contribution is 5.80. The molecule has 0 saturated carbocycles. The average Bonchev–Trinajstić information content (AvgIpc) is 2.35. The van der Waals surface area contributed by atoms with Crippen LogP contribution < -0.4 is 5.32 Å². The molecule has 20 heavy (non-hydrogen) atoms. The Morgan fingerprint density at radius 2 is 2.10 bits per heavy atom. The fraction of sp³-hybridized carbons (Fsp3) is 0.500. The maximum absolute atomic E-state index is 12.1. The van der Waals surface area contributed by atoms with Crippen LogP contribution in [0.2, 0.25) is 0 Å². The molecule has 0 aliphatic carbocycles. The summed E-state index contributed by atoms with van der Waals surface area (Å²) in [5, 5.41) is 11.6. The molecule has 6 nitrogen and oxygen atoms in total. The number of aromatic nitrogens is 1. The Morgan fingerprint density at radius 3 is 2.60 bits per heavy atom. The molecule has 2 N–H and O–H groups in total. The first-order valence-electron chi connectivity index (χ1n) is 6.47. The molecular formula is C14H21N3O3. The normalized spacial score (nSPS) is 10.9. The van der Waals surface area contributed by atoms with E-state index in [-0.39, 0.29) is 12.6 Å². The molecule has 0 atom stereocenters. The van der Waals surface area contributed by atoms with Gasteiger partial charge in [-0.15, -0.1) is 0 Å². The van der Waals surface area contributed by atoms with Crippen LogP contribution in [0.15, 0.2) is 24.5 Å². The summed E-state index contributed by atoms with van der Waals surface area (Å²) in [6.07, 6.45) is 4.09. The number of aliphatic carboxylic acids is 1. The van der Waals surface area contributed by atoms with Gasteiger partial charge in [-0.25, -0.2) is 4.79 Å². The van der Waals surface area contributed by atoms with Gasteiger partial charge in [-0.05, 0) is 38.8 Å². The maximum Gasteiger partial charge on any atom is 0.323 e. The Balaban J connectivity index is 2.52. The second kappa shape index (κ2) is 6.88. The molecule has 110 valence electrons. The van der Waals surface area contributed by atoms with Gasteiger partial charge in [0, 0.05) is 24.5 Å². The standard InChI is InChI=1S/C14H21N3O3/c1-14(2,3)17(10-12(18)19)13(20)16-8-6-11-5-4-7-15-9-11/h4-5,7,9H,6,8,10H2,1-3H3,(H,16,20)(H,18,19). The summed E-state index contributed by atoms with van der Waals surface area (Å²) in [6, 6.07) is 3.39. The highest BCUT2D eigenvalue weighted by Gasteiger charge is 2.28. The predicted molar refractivity (Wildman–Crippen MR) is 75.4 cm³/mol. The summed E-state index contributed by atoms with van der Waals surface area (Å²) in [5.74, 6) is -1.03. The second-order valence-electron chi connectivity index (χ2n) is 5.49. The highest BCUT2D eigenvalue weighted by atomic mass is 16.4. The van der Waals surface area contributed by atoms with E-state index in [9.17, 15) is 9.59 Å². The summed E-state index contributed by atoms with van der Waals surface area (Å²) in [5.41, 5.74) is 0.477. The van der Waals surface area contributed by atoms with E-state index in [1.54, 1.807) is 33.2 Å². The van der Waals surface area contributed by atoms with Gasteiger partial charge in [0.1, 0.15) is 6.54 Å². The Hall–Kier alpha value is -2.11. The van der Waals surface area contributed by atoms with Crippen molar-refractivity contribution in [2.75, 3.05) is 13.1 Å². The highest BCUT2D eigenvalue weighted by Crippen LogP contribution is 2.12. The SMILES string of the molecule is CC(C)(C)N(CC(=O)O)C(=O)NCCc1cccnc1. The van der Waals surface area contributed by atoms with Crippen molar-refractivity contribution in [3.8, 4) is 0 Å². The first-order chi connectivity index (χ1) is 9.30. The van der Waals surface area contributed by atoms with Crippen molar-refractivity contribution in [3.63, 3.8) is 0 Å². The fourth-order valence-corrected chi connectivity index (χ4v) is 1.70. The molecule has 0 bridgehead atoms. The first-order valence-corrected chi connectivity index (χ1v) is 6.47. The Labute approximate surface area is 118 Å². The molecular weight excluding hydrogens is 258 g/mol. The van der Waals surface area contributed by atoms with Crippen LogP contribution in [-0.2, 0) is 11.2 Å². The van der Waals surface area contributed by atoms with E-state index in [2.05, 4.69) is 10.3 Å². The predicted octanol–water partition coefficient (Wildman–Crippen LogP) is 1.52. The maximum atomic E-state index is 12.1. The third-order valence-electron chi connectivity index (χ3n) is 2.76. The number of carboxylic acids is 1. The molecule has 1 heterocycles. The van der Waals surface area contributed by atoms with Gasteiger partial charge in [0.15, 0.2) is 0 Å². The molecule has 0 unspecified atom stereocenters. The molecule has 0 saturated heterocycles. The van der Waals surface area contributed by atoms with Gasteiger partial charge in [-0.3, -0.25) is 9.78 Å². The second-order valence-corrected chi connectivity index (χ2v) is 5.49. The molecule has 0 spiro atoms. The lowest BCUT2D eigenvalue weighted by Crippen LogP contribution is -2.52. The van der Waals surface area contributed by atoms with Crippen molar-refractivity contribution in [3.05, 3.63) is 30.1 Å². The van der Waals surface area contributed by atoms with E-state index >= 15 is 0 Å². The number of rotatable bonds is 5. The molecule has 6 heteroatoms. The lowest BCUT2D eigenvalue weighted by atomic mass is 10.1. The third-order valence-corrected chi connectivity index (χ3v) is 2.76. The number of amides is 2. The van der Waals surface area contributed by atoms with Gasteiger partial charge in [-0.2, -0.15) is 0 Å². The minimum absolute atomic E-state index is 0.317. The lowest BCUT2D eigenvalue weighted by molar-refractivity contribution is -0.138. The molecule has 1 aromatic rings. The van der Waals surface area contributed by atoms with Crippen molar-refractivity contribution in [2.45, 2.75) is 32.7 Å². The van der Waals surface area contributed by atoms with E-state index in [0.717, 1.165) is 5.56 Å². The number of nitrogens with one attached hydrogen (secondary N) is 1. The summed E-state index contributed by atoms with van der Waals surface area (Å²) < 4.78 is 0. The zero-order valence-electron chi connectivity index (χ0n) is 12.1. The van der Waals surface area contributed by atoms with Gasteiger partial charge in [0.05, 0.1) is 0 Å². The average molecular weight is 279 g/mol. The Bertz CT molecular complexity index is 454. The third kappa shape index (κ3) is 5.26. The minimum Gasteiger partial charge on any atom is -0.480 e. The zero-order valence-corrected chi connectivity index (χ0v) is 12.1. The number of nitrogens with zero attached hydrogens (tertiary/aromatic N) is 2. The summed E-state index contributed by atoms with van der Waals surface area (Å²) >= 11 is 0. The van der Waals surface area contributed by atoms with Crippen LogP contribution in [0.4, 0.5) is 4.79 Å². The number of pyridine rings is 1. The molecule has 1 rings (SSSR count). The Morgan fingerprint density at radius 1 is 1.40 bits per heavy atom. The molecule has 2 amide bonds. The van der Waals surface area contributed by atoms with Crippen LogP contribution in [-0.4, -0.2) is 45.6 Å². The topological polar surface area (TPSA) is 82.5 Å². The number of carboxylic acid groups (broad SMARTS) is 1. The van der Waals surface area contributed by atoms with Gasteiger partial charge < -0.3 is 15.3 Å². The fourth-order valence-electron chi connectivity index (χ4n) is 1.70. The van der Waals surface area contributed by atoms with Crippen molar-refractivity contribution in [1.29, 1.82) is 0 Å². The van der Waals surface area contributed by atoms with Crippen LogP contribution >= 0.6 is 0 Å². The molecule has 1 aromatic heterocycles. The van der Waals surface area contributed by atoms with Crippen LogP contribution in [0.3, 0.4) is 0 Å². The van der Waals surface area contributed by atoms with E-state index < -0.39 is 11.5 Å². The quantitative estimate of drug-likeness (QED) is 0.856. The number of carbonyl (C=O) groups excluding carboxylic acids is 1. The van der Waals surface area contributed by atoms with Crippen molar-refractivity contribution >= 4 is 12.0 Å². The van der Waals surface area contributed by atoms with E-state index in [1.165, 1.54) is 4.90 Å². The summed E-state index contributed by atoms with van der Waals surface area (Å²) in [4.78, 5) is 28.2. The largest absolute Gasteiger partial charge is 0.480 e. The van der Waals surface area contributed by atoms with E-state index in [0.29, 0.717) is 13.0 Å². The number of carbonyl (C=O) groups is 2. The number of hydrogen-bond donors (Lipinski definition) is 2. The van der Waals surface area contributed by atoms with Crippen LogP contribution in [0.1, 0.15) is 26.3 Å². The molecule has 0 fully saturated rings. The number of urea groups is 1. The Kier molecular flexibility index (Phi) is 5.49. The van der Waals surface area contributed by atoms with Crippen molar-refractivity contribution < 1.29 is 14.7 Å². The molecule has 0 aliphatic rings. The molecule has 0 aromatic carbocycles. The van der Waals surface area contributed by atoms with E-state index in [4.69, 9.17) is 5.11 Å². The van der Waals surface area contributed by atoms with Crippen LogP contribution in [0.5, 0.6) is 0 Å². The number of hydrogen-bond acceptors (Lipinski definition) is 3. The zero-order chi connectivity index (χ0) is 15.2. The van der Waals surface area contributed by atoms with Gasteiger partial charge >= 0.3 is 12.0 Å². The van der Waals surface area contributed by atoms with Crippen LogP contribution in [0.25, 0.3) is 0 Å². The van der Waals surface area contributed by atoms with Crippen molar-refractivity contribution in [2.24, 2.45) is 0 Å². The summed E-state index contributed by atoms with van der Waals surface area (Å²) in [6.45, 7) is 5.53. The van der Waals surface area contributed by atoms with Crippen LogP contribution in [0, 0.1) is 0 Å². The van der Waals surface area contributed by atoms with Gasteiger partial charge in [0.2, 0.25) is 0 Å².